The zero-order chi connectivity index (χ0) is 13.2. The van der Waals surface area contributed by atoms with Crippen LogP contribution in [0.15, 0.2) is 0 Å². The van der Waals surface area contributed by atoms with Gasteiger partial charge in [-0.25, -0.2) is 0 Å². The minimum Gasteiger partial charge on any atom is -0.449 e. The Bertz CT molecular complexity index is 323. The van der Waals surface area contributed by atoms with E-state index in [0.29, 0.717) is 0 Å². The Balaban J connectivity index is 0.00000256. The molecule has 0 radical (unpaired) electrons. The van der Waals surface area contributed by atoms with Crippen molar-refractivity contribution in [2.45, 2.75) is 12.2 Å². The molecule has 0 aromatic carbocycles. The van der Waals surface area contributed by atoms with Gasteiger partial charge in [0, 0.05) is 15.9 Å². The Kier molecular flexibility index (Phi) is 1.84. The van der Waals surface area contributed by atoms with Gasteiger partial charge in [0.25, 0.3) is 0 Å². The molecule has 1 rings (SSSR count). The van der Waals surface area contributed by atoms with Gasteiger partial charge in [-0.3, -0.25) is 0 Å². The van der Waals surface area contributed by atoms with E-state index in [0.717, 1.165) is 0 Å². The van der Waals surface area contributed by atoms with Crippen molar-refractivity contribution in [2.75, 3.05) is 13.1 Å². The summed E-state index contributed by atoms with van der Waals surface area (Å²) in [5.74, 6) is -4.26. The molecule has 1 nitrogen and oxygen atoms in total. The Morgan fingerprint density at radius 1 is 1.60 bits per heavy atom. The minimum atomic E-state index is -6.30. The van der Waals surface area contributed by atoms with Crippen LogP contribution in [0.1, 0.15) is 16.0 Å². The monoisotopic (exact) mass is 185 g/mol. The molecule has 1 aliphatic rings. The third-order valence-electron chi connectivity index (χ3n) is 0.725. The van der Waals surface area contributed by atoms with Gasteiger partial charge in [-0.2, -0.15) is 0 Å². The van der Waals surface area contributed by atoms with Crippen molar-refractivity contribution in [2.24, 2.45) is 0 Å². The summed E-state index contributed by atoms with van der Waals surface area (Å²) in [5.41, 5.74) is 0. The summed E-state index contributed by atoms with van der Waals surface area (Å²) in [4.78, 5) is 0. The predicted octanol–water partition coefficient (Wildman–Crippen LogP) is -1.37. The minimum absolute atomic E-state index is 0. The molecule has 0 aromatic heterocycles. The van der Waals surface area contributed by atoms with Crippen LogP contribution in [0, 0.1) is 0 Å². The number of ether oxygens (including phenoxy) is 1. The van der Waals surface area contributed by atoms with Crippen molar-refractivity contribution in [1.29, 1.82) is 0 Å². The van der Waals surface area contributed by atoms with Crippen LogP contribution in [0.2, 0.25) is 5.79 Å². The molecular formula is C4H7BF3KO. The fraction of sp³-hybridized carbons (Fsp3) is 1.00. The topological polar surface area (TPSA) is 9.23 Å². The molecule has 10 heavy (non-hydrogen) atoms. The SMILES string of the molecule is [2H]C1([2H])OC([2H])([2H])C([2H])([B-](F)(F)F)C1([2H])[2H].[K+]. The van der Waals surface area contributed by atoms with E-state index >= 15 is 0 Å². The van der Waals surface area contributed by atoms with Crippen molar-refractivity contribution in [3.8, 4) is 0 Å². The molecule has 1 fully saturated rings. The summed E-state index contributed by atoms with van der Waals surface area (Å²) < 4.78 is 90.2. The molecule has 0 N–H and O–H groups in total. The molecule has 1 saturated heterocycles. The van der Waals surface area contributed by atoms with Gasteiger partial charge >= 0.3 is 58.4 Å². The van der Waals surface area contributed by atoms with Crippen LogP contribution in [0.3, 0.4) is 0 Å². The molecule has 0 aromatic rings. The predicted molar refractivity (Wildman–Crippen MR) is 28.3 cm³/mol. The molecule has 1 unspecified atom stereocenters. The Labute approximate surface area is 110 Å². The second-order valence-corrected chi connectivity index (χ2v) is 1.42. The first-order valence-electron chi connectivity index (χ1n) is 5.60. The Hall–Kier alpha value is 1.45. The first-order chi connectivity index (χ1) is 6.71. The van der Waals surface area contributed by atoms with Gasteiger partial charge in [0.05, 0.1) is 5.48 Å². The Morgan fingerprint density at radius 3 is 2.40 bits per heavy atom. The summed E-state index contributed by atoms with van der Waals surface area (Å²) in [5, 5.41) is 0. The average molecular weight is 185 g/mol. The van der Waals surface area contributed by atoms with Crippen molar-refractivity contribution < 1.29 is 78.7 Å². The van der Waals surface area contributed by atoms with E-state index in [-0.39, 0.29) is 51.4 Å². The zero-order valence-corrected chi connectivity index (χ0v) is 8.24. The first-order valence-corrected chi connectivity index (χ1v) is 2.10. The summed E-state index contributed by atoms with van der Waals surface area (Å²) >= 11 is 0. The number of hydrogen-bond acceptors (Lipinski definition) is 1. The zero-order valence-electron chi connectivity index (χ0n) is 12.1. The van der Waals surface area contributed by atoms with Crippen LogP contribution in [-0.2, 0) is 4.74 Å². The maximum atomic E-state index is 12.6. The molecule has 0 aliphatic carbocycles. The fourth-order valence-corrected chi connectivity index (χ4v) is 0.335. The van der Waals surface area contributed by atoms with E-state index in [1.807, 2.05) is 0 Å². The largest absolute Gasteiger partial charge is 1.00 e. The maximum absolute atomic E-state index is 12.6. The van der Waals surface area contributed by atoms with Crippen molar-refractivity contribution in [1.82, 2.24) is 0 Å². The van der Waals surface area contributed by atoms with Gasteiger partial charge in [0.15, 0.2) is 0 Å². The van der Waals surface area contributed by atoms with E-state index < -0.39 is 32.3 Å². The van der Waals surface area contributed by atoms with Gasteiger partial charge in [0.2, 0.25) is 0 Å². The van der Waals surface area contributed by atoms with E-state index in [9.17, 15) is 12.9 Å². The van der Waals surface area contributed by atoms with Gasteiger partial charge in [-0.1, -0.05) is 0 Å². The summed E-state index contributed by atoms with van der Waals surface area (Å²) in [7, 11) is 0. The molecule has 0 bridgehead atoms. The van der Waals surface area contributed by atoms with Crippen LogP contribution >= 0.6 is 0 Å². The van der Waals surface area contributed by atoms with Gasteiger partial charge in [-0.05, 0) is 13.5 Å². The van der Waals surface area contributed by atoms with Crippen LogP contribution < -0.4 is 51.4 Å². The third kappa shape index (κ3) is 3.23. The third-order valence-corrected chi connectivity index (χ3v) is 0.725. The van der Waals surface area contributed by atoms with E-state index in [1.54, 1.807) is 0 Å². The fourth-order valence-electron chi connectivity index (χ4n) is 0.335. The second kappa shape index (κ2) is 4.47. The van der Waals surface area contributed by atoms with Crippen LogP contribution in [0.25, 0.3) is 0 Å². The normalized spacial score (nSPS) is 58.9. The number of rotatable bonds is 1. The van der Waals surface area contributed by atoms with Crippen molar-refractivity contribution >= 4 is 6.98 Å². The molecule has 0 saturated carbocycles. The molecule has 54 valence electrons. The molecular weight excluding hydrogens is 171 g/mol. The molecule has 0 amide bonds. The first kappa shape index (κ1) is 4.11. The molecule has 0 spiro atoms. The average Bonchev–Trinajstić information content (AvgIpc) is 2.05. The summed E-state index contributed by atoms with van der Waals surface area (Å²) in [6.07, 6.45) is -3.83. The number of halogens is 3. The van der Waals surface area contributed by atoms with Crippen LogP contribution in [-0.4, -0.2) is 20.1 Å². The molecule has 1 atom stereocenters. The maximum Gasteiger partial charge on any atom is 1.00 e. The van der Waals surface area contributed by atoms with E-state index in [1.165, 1.54) is 0 Å². The van der Waals surface area contributed by atoms with Gasteiger partial charge in [0.1, 0.15) is 0 Å². The molecule has 1 aliphatic heterocycles. The van der Waals surface area contributed by atoms with E-state index in [2.05, 4.69) is 4.74 Å². The van der Waals surface area contributed by atoms with Crippen molar-refractivity contribution in [3.63, 3.8) is 0 Å². The molecule has 6 heteroatoms. The Morgan fingerprint density at radius 2 is 2.20 bits per heavy atom. The quantitative estimate of drug-likeness (QED) is 0.458. The standard InChI is InChI=1S/C4H7BF3O.K/c6-5(7,8)4-1-2-9-3-4;/h4H,1-3H2;/q-1;+1/i1D2,2D2,3D2,4D;. The summed E-state index contributed by atoms with van der Waals surface area (Å²) in [6.45, 7) is -13.6. The van der Waals surface area contributed by atoms with Gasteiger partial charge < -0.3 is 17.7 Å². The molecule has 1 heterocycles. The van der Waals surface area contributed by atoms with Crippen LogP contribution in [0.4, 0.5) is 12.9 Å². The van der Waals surface area contributed by atoms with Gasteiger partial charge in [-0.15, -0.1) is 0 Å². The smallest absolute Gasteiger partial charge is 0.449 e. The summed E-state index contributed by atoms with van der Waals surface area (Å²) in [6, 6.07) is 0. The van der Waals surface area contributed by atoms with E-state index in [4.69, 9.17) is 9.60 Å². The van der Waals surface area contributed by atoms with Crippen molar-refractivity contribution in [3.05, 3.63) is 0 Å². The van der Waals surface area contributed by atoms with Crippen LogP contribution in [0.5, 0.6) is 0 Å². The second-order valence-electron chi connectivity index (χ2n) is 1.42. The number of hydrogen-bond donors (Lipinski definition) is 0.